The Morgan fingerprint density at radius 3 is 2.33 bits per heavy atom. The summed E-state index contributed by atoms with van der Waals surface area (Å²) >= 11 is 0. The fourth-order valence-corrected chi connectivity index (χ4v) is 3.02. The molecule has 0 bridgehead atoms. The lowest BCUT2D eigenvalue weighted by Crippen LogP contribution is -2.02. The second-order valence-corrected chi connectivity index (χ2v) is 7.53. The van der Waals surface area contributed by atoms with Crippen molar-refractivity contribution in [3.63, 3.8) is 0 Å². The molecule has 0 spiro atoms. The van der Waals surface area contributed by atoms with Crippen LogP contribution in [0.25, 0.3) is 0 Å². The number of hydrogen-bond donors (Lipinski definition) is 0. The molecule has 120 valence electrons. The van der Waals surface area contributed by atoms with E-state index in [4.69, 9.17) is 15.4 Å². The zero-order chi connectivity index (χ0) is 15.7. The summed E-state index contributed by atoms with van der Waals surface area (Å²) in [5, 5.41) is 0. The third-order valence-electron chi connectivity index (χ3n) is 3.17. The van der Waals surface area contributed by atoms with Crippen LogP contribution in [-0.2, 0) is 9.05 Å². The van der Waals surface area contributed by atoms with E-state index in [2.05, 4.69) is 6.92 Å². The van der Waals surface area contributed by atoms with Crippen molar-refractivity contribution in [1.82, 2.24) is 0 Å². The van der Waals surface area contributed by atoms with Gasteiger partial charge in [0, 0.05) is 10.7 Å². The summed E-state index contributed by atoms with van der Waals surface area (Å²) in [6.07, 6.45) is 7.98. The monoisotopic (exact) mass is 336 g/mol. The van der Waals surface area contributed by atoms with Gasteiger partial charge in [-0.25, -0.2) is 12.8 Å². The van der Waals surface area contributed by atoms with Crippen LogP contribution in [0.3, 0.4) is 0 Å². The summed E-state index contributed by atoms with van der Waals surface area (Å²) in [4.78, 5) is -0.313. The number of halogens is 2. The van der Waals surface area contributed by atoms with E-state index >= 15 is 0 Å². The van der Waals surface area contributed by atoms with Crippen LogP contribution in [0.2, 0.25) is 0 Å². The van der Waals surface area contributed by atoms with Crippen LogP contribution in [-0.4, -0.2) is 15.0 Å². The largest absolute Gasteiger partial charge is 0.492 e. The molecule has 0 aromatic heterocycles. The predicted octanol–water partition coefficient (Wildman–Crippen LogP) is 4.88. The van der Waals surface area contributed by atoms with E-state index in [1.165, 1.54) is 31.7 Å². The van der Waals surface area contributed by atoms with Crippen molar-refractivity contribution >= 4 is 19.7 Å². The molecule has 0 N–H and O–H groups in total. The van der Waals surface area contributed by atoms with Crippen molar-refractivity contribution in [1.29, 1.82) is 0 Å². The summed E-state index contributed by atoms with van der Waals surface area (Å²) in [7, 11) is 1.27. The van der Waals surface area contributed by atoms with E-state index < -0.39 is 14.9 Å². The molecule has 0 atom stereocenters. The lowest BCUT2D eigenvalue weighted by Gasteiger charge is -2.09. The lowest BCUT2D eigenvalue weighted by atomic mass is 10.1. The lowest BCUT2D eigenvalue weighted by molar-refractivity contribution is 0.296. The number of benzene rings is 1. The number of unbranched alkanes of at least 4 members (excludes halogenated alkanes) is 6. The third-order valence-corrected chi connectivity index (χ3v) is 4.52. The molecule has 0 fully saturated rings. The maximum absolute atomic E-state index is 13.1. The zero-order valence-corrected chi connectivity index (χ0v) is 13.9. The van der Waals surface area contributed by atoms with Crippen LogP contribution in [0.1, 0.15) is 51.9 Å². The molecule has 1 aromatic carbocycles. The zero-order valence-electron chi connectivity index (χ0n) is 12.3. The van der Waals surface area contributed by atoms with E-state index in [9.17, 15) is 12.8 Å². The maximum Gasteiger partial charge on any atom is 0.265 e. The molecule has 21 heavy (non-hydrogen) atoms. The molecule has 0 saturated carbocycles. The first-order valence-corrected chi connectivity index (χ1v) is 9.63. The van der Waals surface area contributed by atoms with Gasteiger partial charge in [0.15, 0.2) is 0 Å². The molecule has 0 amide bonds. The fraction of sp³-hybridized carbons (Fsp3) is 0.600. The van der Waals surface area contributed by atoms with Crippen LogP contribution < -0.4 is 4.74 Å². The van der Waals surface area contributed by atoms with Crippen LogP contribution in [0.4, 0.5) is 4.39 Å². The number of rotatable bonds is 10. The summed E-state index contributed by atoms with van der Waals surface area (Å²) in [6, 6.07) is 3.33. The SMILES string of the molecule is CCCCCCCCCOc1ccc(F)cc1S(=O)(=O)Cl. The highest BCUT2D eigenvalue weighted by Crippen LogP contribution is 2.27. The third kappa shape index (κ3) is 7.14. The second kappa shape index (κ2) is 9.26. The quantitative estimate of drug-likeness (QED) is 0.451. The maximum atomic E-state index is 13.1. The summed E-state index contributed by atoms with van der Waals surface area (Å²) in [6.45, 7) is 2.58. The van der Waals surface area contributed by atoms with Crippen LogP contribution in [0, 0.1) is 5.82 Å². The molecule has 1 rings (SSSR count). The Balaban J connectivity index is 2.39. The molecular formula is C15H22ClFO3S. The van der Waals surface area contributed by atoms with Gasteiger partial charge in [-0.1, -0.05) is 45.4 Å². The smallest absolute Gasteiger partial charge is 0.265 e. The van der Waals surface area contributed by atoms with Crippen LogP contribution in [0.15, 0.2) is 23.1 Å². The van der Waals surface area contributed by atoms with Gasteiger partial charge in [-0.3, -0.25) is 0 Å². The van der Waals surface area contributed by atoms with Gasteiger partial charge in [0.1, 0.15) is 16.5 Å². The van der Waals surface area contributed by atoms with Crippen molar-refractivity contribution in [3.05, 3.63) is 24.0 Å². The van der Waals surface area contributed by atoms with E-state index in [-0.39, 0.29) is 10.6 Å². The van der Waals surface area contributed by atoms with Crippen molar-refractivity contribution in [3.8, 4) is 5.75 Å². The molecule has 0 unspecified atom stereocenters. The minimum atomic E-state index is -4.01. The van der Waals surface area contributed by atoms with Crippen molar-refractivity contribution in [2.45, 2.75) is 56.8 Å². The highest BCUT2D eigenvalue weighted by molar-refractivity contribution is 8.13. The molecular weight excluding hydrogens is 315 g/mol. The van der Waals surface area contributed by atoms with E-state index in [1.807, 2.05) is 0 Å². The Kier molecular flexibility index (Phi) is 8.04. The minimum Gasteiger partial charge on any atom is -0.492 e. The number of hydrogen-bond acceptors (Lipinski definition) is 3. The molecule has 0 heterocycles. The van der Waals surface area contributed by atoms with Gasteiger partial charge in [-0.15, -0.1) is 0 Å². The number of ether oxygens (including phenoxy) is 1. The van der Waals surface area contributed by atoms with E-state index in [0.29, 0.717) is 6.61 Å². The standard InChI is InChI=1S/C15H22ClFO3S/c1-2-3-4-5-6-7-8-11-20-14-10-9-13(17)12-15(14)21(16,18)19/h9-10,12H,2-8,11H2,1H3. The fourth-order valence-electron chi connectivity index (χ4n) is 2.03. The van der Waals surface area contributed by atoms with Crippen molar-refractivity contribution in [2.75, 3.05) is 6.61 Å². The second-order valence-electron chi connectivity index (χ2n) is 5.00. The van der Waals surface area contributed by atoms with E-state index in [1.54, 1.807) is 0 Å². The first kappa shape index (κ1) is 18.2. The first-order chi connectivity index (χ1) is 9.95. The Labute approximate surface area is 130 Å². The van der Waals surface area contributed by atoms with Gasteiger partial charge in [0.05, 0.1) is 6.61 Å². The average Bonchev–Trinajstić information content (AvgIpc) is 2.42. The van der Waals surface area contributed by atoms with Gasteiger partial charge < -0.3 is 4.74 Å². The first-order valence-electron chi connectivity index (χ1n) is 7.32. The Hall–Kier alpha value is -0.810. The average molecular weight is 337 g/mol. The van der Waals surface area contributed by atoms with Crippen molar-refractivity contribution in [2.24, 2.45) is 0 Å². The normalized spacial score (nSPS) is 11.6. The molecule has 0 aliphatic heterocycles. The van der Waals surface area contributed by atoms with E-state index in [0.717, 1.165) is 31.4 Å². The molecule has 1 aromatic rings. The molecule has 0 radical (unpaired) electrons. The molecule has 0 aliphatic rings. The highest BCUT2D eigenvalue weighted by atomic mass is 35.7. The highest BCUT2D eigenvalue weighted by Gasteiger charge is 2.17. The molecule has 6 heteroatoms. The molecule has 0 aliphatic carbocycles. The van der Waals surface area contributed by atoms with Crippen LogP contribution >= 0.6 is 10.7 Å². The summed E-state index contributed by atoms with van der Waals surface area (Å²) in [5.41, 5.74) is 0. The summed E-state index contributed by atoms with van der Waals surface area (Å²) < 4.78 is 41.2. The van der Waals surface area contributed by atoms with Gasteiger partial charge in [-0.2, -0.15) is 0 Å². The van der Waals surface area contributed by atoms with Gasteiger partial charge in [-0.05, 0) is 24.6 Å². The van der Waals surface area contributed by atoms with Gasteiger partial charge in [0.25, 0.3) is 9.05 Å². The van der Waals surface area contributed by atoms with Crippen molar-refractivity contribution < 1.29 is 17.5 Å². The molecule has 3 nitrogen and oxygen atoms in total. The van der Waals surface area contributed by atoms with Gasteiger partial charge in [0.2, 0.25) is 0 Å². The topological polar surface area (TPSA) is 43.4 Å². The van der Waals surface area contributed by atoms with Crippen LogP contribution in [0.5, 0.6) is 5.75 Å². The Morgan fingerprint density at radius 2 is 1.71 bits per heavy atom. The summed E-state index contributed by atoms with van der Waals surface area (Å²) in [5.74, 6) is -0.546. The Morgan fingerprint density at radius 1 is 1.10 bits per heavy atom. The molecule has 0 saturated heterocycles. The Bertz CT molecular complexity index is 532. The minimum absolute atomic E-state index is 0.109. The van der Waals surface area contributed by atoms with Gasteiger partial charge >= 0.3 is 0 Å². The predicted molar refractivity (Wildman–Crippen MR) is 82.9 cm³/mol.